The van der Waals surface area contributed by atoms with Crippen molar-refractivity contribution in [3.8, 4) is 0 Å². The lowest BCUT2D eigenvalue weighted by atomic mass is 10.0. The van der Waals surface area contributed by atoms with E-state index in [4.69, 9.17) is 5.11 Å². The Balaban J connectivity index is 3.23. The van der Waals surface area contributed by atoms with Gasteiger partial charge in [-0.05, 0) is 44.9 Å². The number of aliphatic hydroxyl groups is 1. The van der Waals surface area contributed by atoms with Crippen LogP contribution in [0, 0.1) is 0 Å². The van der Waals surface area contributed by atoms with Crippen LogP contribution in [0.15, 0.2) is 12.2 Å². The summed E-state index contributed by atoms with van der Waals surface area (Å²) >= 11 is 0. The summed E-state index contributed by atoms with van der Waals surface area (Å²) in [6.07, 6.45) is 20.2. The molecule has 3 nitrogen and oxygen atoms in total. The van der Waals surface area contributed by atoms with Crippen molar-refractivity contribution in [2.75, 3.05) is 0 Å². The van der Waals surface area contributed by atoms with Crippen LogP contribution in [0.2, 0.25) is 0 Å². The third-order valence-electron chi connectivity index (χ3n) is 4.23. The van der Waals surface area contributed by atoms with Crippen LogP contribution in [0.5, 0.6) is 0 Å². The molecule has 0 saturated heterocycles. The van der Waals surface area contributed by atoms with E-state index in [1.165, 1.54) is 32.1 Å². The molecule has 0 amide bonds. The van der Waals surface area contributed by atoms with Crippen molar-refractivity contribution in [3.05, 3.63) is 12.2 Å². The zero-order valence-electron chi connectivity index (χ0n) is 15.1. The van der Waals surface area contributed by atoms with Gasteiger partial charge in [-0.25, -0.2) is 0 Å². The highest BCUT2D eigenvalue weighted by atomic mass is 16.4. The number of hydrogen-bond acceptors (Lipinski definition) is 2. The van der Waals surface area contributed by atoms with E-state index < -0.39 is 5.97 Å². The molecule has 0 aromatic carbocycles. The predicted molar refractivity (Wildman–Crippen MR) is 97.7 cm³/mol. The minimum atomic E-state index is -0.681. The minimum absolute atomic E-state index is 0.106. The highest BCUT2D eigenvalue weighted by Gasteiger charge is 2.02. The number of carbonyl (C=O) groups is 1. The topological polar surface area (TPSA) is 57.5 Å². The summed E-state index contributed by atoms with van der Waals surface area (Å²) in [4.78, 5) is 10.4. The summed E-state index contributed by atoms with van der Waals surface area (Å²) in [7, 11) is 0. The molecule has 0 saturated carbocycles. The molecule has 2 N–H and O–H groups in total. The lowest BCUT2D eigenvalue weighted by Crippen LogP contribution is -2.05. The molecule has 1 atom stereocenters. The van der Waals surface area contributed by atoms with Gasteiger partial charge in [0.15, 0.2) is 0 Å². The number of aliphatic carboxylic acids is 1. The predicted octanol–water partition coefficient (Wildman–Crippen LogP) is 5.86. The van der Waals surface area contributed by atoms with Crippen LogP contribution in [0.4, 0.5) is 0 Å². The Labute approximate surface area is 143 Å². The first-order chi connectivity index (χ1) is 11.2. The van der Waals surface area contributed by atoms with Gasteiger partial charge in [-0.2, -0.15) is 0 Å². The number of carboxylic acid groups (broad SMARTS) is 1. The molecule has 0 aliphatic carbocycles. The fourth-order valence-electron chi connectivity index (χ4n) is 2.73. The fourth-order valence-corrected chi connectivity index (χ4v) is 2.73. The van der Waals surface area contributed by atoms with Crippen LogP contribution in [-0.2, 0) is 4.79 Å². The average Bonchev–Trinajstić information content (AvgIpc) is 2.52. The second-order valence-electron chi connectivity index (χ2n) is 6.61. The van der Waals surface area contributed by atoms with Crippen molar-refractivity contribution in [1.82, 2.24) is 0 Å². The molecule has 0 aromatic rings. The largest absolute Gasteiger partial charge is 0.481 e. The quantitative estimate of drug-likeness (QED) is 0.260. The highest BCUT2D eigenvalue weighted by Crippen LogP contribution is 2.11. The normalized spacial score (nSPS) is 12.8. The Morgan fingerprint density at radius 1 is 0.826 bits per heavy atom. The van der Waals surface area contributed by atoms with Crippen LogP contribution < -0.4 is 0 Å². The third kappa shape index (κ3) is 19.1. The van der Waals surface area contributed by atoms with Gasteiger partial charge < -0.3 is 10.2 Å². The monoisotopic (exact) mass is 326 g/mol. The van der Waals surface area contributed by atoms with E-state index in [1.54, 1.807) is 0 Å². The molecule has 23 heavy (non-hydrogen) atoms. The Kier molecular flexibility index (Phi) is 16.9. The van der Waals surface area contributed by atoms with Crippen molar-refractivity contribution in [1.29, 1.82) is 0 Å². The fraction of sp³-hybridized carbons (Fsp3) is 0.850. The van der Waals surface area contributed by atoms with Crippen molar-refractivity contribution in [3.63, 3.8) is 0 Å². The molecule has 0 fully saturated rings. The number of unbranched alkanes of at least 4 members (excludes halogenated alkanes) is 9. The molecule has 1 unspecified atom stereocenters. The van der Waals surface area contributed by atoms with Crippen molar-refractivity contribution < 1.29 is 15.0 Å². The first-order valence-electron chi connectivity index (χ1n) is 9.71. The summed E-state index contributed by atoms with van der Waals surface area (Å²) in [6.45, 7) is 2.21. The summed E-state index contributed by atoms with van der Waals surface area (Å²) in [5.41, 5.74) is 0. The van der Waals surface area contributed by atoms with Crippen LogP contribution in [0.3, 0.4) is 0 Å². The Morgan fingerprint density at radius 2 is 1.39 bits per heavy atom. The molecule has 0 spiro atoms. The number of rotatable bonds is 17. The van der Waals surface area contributed by atoms with E-state index >= 15 is 0 Å². The van der Waals surface area contributed by atoms with Gasteiger partial charge in [-0.15, -0.1) is 0 Å². The third-order valence-corrected chi connectivity index (χ3v) is 4.23. The van der Waals surface area contributed by atoms with Gasteiger partial charge in [0.2, 0.25) is 0 Å². The van der Waals surface area contributed by atoms with E-state index in [2.05, 4.69) is 19.1 Å². The summed E-state index contributed by atoms with van der Waals surface area (Å²) in [5.74, 6) is -0.681. The van der Waals surface area contributed by atoms with Crippen molar-refractivity contribution in [2.45, 2.75) is 109 Å². The molecular formula is C20H38O3. The highest BCUT2D eigenvalue weighted by molar-refractivity contribution is 5.66. The standard InChI is InChI=1S/C20H38O3/c1-2-3-4-13-16-19(21)17-14-11-9-7-5-6-8-10-12-15-18-20(22)23/h7,9,19,21H,2-6,8,10-18H2,1H3,(H,22,23)/b9-7-. The zero-order chi connectivity index (χ0) is 17.2. The second-order valence-corrected chi connectivity index (χ2v) is 6.61. The van der Waals surface area contributed by atoms with E-state index in [-0.39, 0.29) is 6.10 Å². The number of carboxylic acids is 1. The number of allylic oxidation sites excluding steroid dienone is 2. The first-order valence-corrected chi connectivity index (χ1v) is 9.71. The first kappa shape index (κ1) is 22.2. The van der Waals surface area contributed by atoms with Gasteiger partial charge in [-0.3, -0.25) is 4.79 Å². The van der Waals surface area contributed by atoms with Crippen LogP contribution in [0.1, 0.15) is 103 Å². The molecule has 0 rings (SSSR count). The van der Waals surface area contributed by atoms with Crippen LogP contribution >= 0.6 is 0 Å². The Bertz CT molecular complexity index is 287. The molecule has 0 aromatic heterocycles. The zero-order valence-corrected chi connectivity index (χ0v) is 15.1. The molecule has 0 radical (unpaired) electrons. The van der Waals surface area contributed by atoms with Gasteiger partial charge in [-0.1, -0.05) is 64.0 Å². The maximum Gasteiger partial charge on any atom is 0.303 e. The maximum absolute atomic E-state index is 10.4. The average molecular weight is 327 g/mol. The molecule has 0 bridgehead atoms. The van der Waals surface area contributed by atoms with E-state index in [1.807, 2.05) is 0 Å². The van der Waals surface area contributed by atoms with Gasteiger partial charge in [0, 0.05) is 6.42 Å². The Hall–Kier alpha value is -0.830. The van der Waals surface area contributed by atoms with E-state index in [0.29, 0.717) is 6.42 Å². The minimum Gasteiger partial charge on any atom is -0.481 e. The van der Waals surface area contributed by atoms with Crippen LogP contribution in [-0.4, -0.2) is 22.3 Å². The SMILES string of the molecule is CCCCCCC(O)CCC/C=C\CCCCCCCC(=O)O. The van der Waals surface area contributed by atoms with Crippen molar-refractivity contribution in [2.24, 2.45) is 0 Å². The lowest BCUT2D eigenvalue weighted by Gasteiger charge is -2.09. The van der Waals surface area contributed by atoms with Gasteiger partial charge in [0.05, 0.1) is 6.10 Å². The van der Waals surface area contributed by atoms with Crippen LogP contribution in [0.25, 0.3) is 0 Å². The van der Waals surface area contributed by atoms with Gasteiger partial charge in [0.25, 0.3) is 0 Å². The summed E-state index contributed by atoms with van der Waals surface area (Å²) in [6, 6.07) is 0. The number of hydrogen-bond donors (Lipinski definition) is 2. The Morgan fingerprint density at radius 3 is 2.09 bits per heavy atom. The molecule has 0 aliphatic rings. The smallest absolute Gasteiger partial charge is 0.303 e. The molecule has 136 valence electrons. The summed E-state index contributed by atoms with van der Waals surface area (Å²) < 4.78 is 0. The maximum atomic E-state index is 10.4. The molecular weight excluding hydrogens is 288 g/mol. The van der Waals surface area contributed by atoms with E-state index in [9.17, 15) is 9.90 Å². The van der Waals surface area contributed by atoms with E-state index in [0.717, 1.165) is 57.8 Å². The molecule has 0 heterocycles. The second kappa shape index (κ2) is 17.5. The molecule has 3 heteroatoms. The van der Waals surface area contributed by atoms with Crippen molar-refractivity contribution >= 4 is 5.97 Å². The molecule has 0 aliphatic heterocycles. The number of aliphatic hydroxyl groups excluding tert-OH is 1. The summed E-state index contributed by atoms with van der Waals surface area (Å²) in [5, 5.41) is 18.4. The lowest BCUT2D eigenvalue weighted by molar-refractivity contribution is -0.137. The van der Waals surface area contributed by atoms with Gasteiger partial charge in [0.1, 0.15) is 0 Å². The van der Waals surface area contributed by atoms with Gasteiger partial charge >= 0.3 is 5.97 Å².